The van der Waals surface area contributed by atoms with Crippen molar-refractivity contribution in [1.29, 1.82) is 0 Å². The second-order valence-corrected chi connectivity index (χ2v) is 13.7. The molecule has 0 fully saturated rings. The molecule has 0 bridgehead atoms. The predicted molar refractivity (Wildman–Crippen MR) is 229 cm³/mol. The molecule has 0 saturated carbocycles. The lowest BCUT2D eigenvalue weighted by molar-refractivity contribution is 1.18. The molecule has 0 amide bonds. The first-order valence-electron chi connectivity index (χ1n) is 18.5. The van der Waals surface area contributed by atoms with Crippen LogP contribution in [0.4, 0.5) is 17.1 Å². The molecular formula is C52H36N2. The van der Waals surface area contributed by atoms with Gasteiger partial charge in [0.25, 0.3) is 0 Å². The third kappa shape index (κ3) is 5.44. The van der Waals surface area contributed by atoms with Crippen molar-refractivity contribution in [3.63, 3.8) is 0 Å². The normalized spacial score (nSPS) is 11.3. The molecular weight excluding hydrogens is 653 g/mol. The topological polar surface area (TPSA) is 8.17 Å². The molecule has 1 aromatic heterocycles. The molecule has 0 N–H and O–H groups in total. The first-order chi connectivity index (χ1) is 26.8. The number of nitrogens with zero attached hydrogens (tertiary/aromatic N) is 2. The van der Waals surface area contributed by atoms with E-state index in [2.05, 4.69) is 228 Å². The summed E-state index contributed by atoms with van der Waals surface area (Å²) in [6.45, 7) is 0. The largest absolute Gasteiger partial charge is 0.310 e. The summed E-state index contributed by atoms with van der Waals surface area (Å²) in [6.07, 6.45) is 0. The van der Waals surface area contributed by atoms with Crippen molar-refractivity contribution >= 4 is 49.6 Å². The zero-order valence-electron chi connectivity index (χ0n) is 29.7. The lowest BCUT2D eigenvalue weighted by atomic mass is 9.94. The predicted octanol–water partition coefficient (Wildman–Crippen LogP) is 14.4. The van der Waals surface area contributed by atoms with Gasteiger partial charge < -0.3 is 9.47 Å². The van der Waals surface area contributed by atoms with Gasteiger partial charge in [-0.15, -0.1) is 0 Å². The number of benzene rings is 9. The van der Waals surface area contributed by atoms with Gasteiger partial charge in [-0.05, 0) is 99.3 Å². The number of para-hydroxylation sites is 4. The SMILES string of the molecule is c1ccc(N(c2ccc(-c3cccc4ccccc34)cc2)c2ccccc2-c2cccc(-c3cccc4c3c3ccccc3n4-c3ccccc3)c2)cc1. The molecule has 0 unspecified atom stereocenters. The van der Waals surface area contributed by atoms with E-state index in [1.165, 1.54) is 66.0 Å². The molecule has 2 heteroatoms. The van der Waals surface area contributed by atoms with Gasteiger partial charge >= 0.3 is 0 Å². The fraction of sp³-hybridized carbons (Fsp3) is 0. The highest BCUT2D eigenvalue weighted by atomic mass is 15.1. The summed E-state index contributed by atoms with van der Waals surface area (Å²) in [5.41, 5.74) is 14.1. The molecule has 254 valence electrons. The van der Waals surface area contributed by atoms with E-state index in [1.807, 2.05) is 0 Å². The lowest BCUT2D eigenvalue weighted by Gasteiger charge is -2.28. The molecule has 54 heavy (non-hydrogen) atoms. The van der Waals surface area contributed by atoms with E-state index in [0.717, 1.165) is 22.7 Å². The molecule has 1 heterocycles. The van der Waals surface area contributed by atoms with Gasteiger partial charge in [0.15, 0.2) is 0 Å². The number of aromatic nitrogens is 1. The Morgan fingerprint density at radius 3 is 1.72 bits per heavy atom. The molecule has 0 aliphatic carbocycles. The fourth-order valence-electron chi connectivity index (χ4n) is 8.15. The Morgan fingerprint density at radius 1 is 0.333 bits per heavy atom. The van der Waals surface area contributed by atoms with Crippen LogP contribution in [-0.2, 0) is 0 Å². The minimum atomic E-state index is 1.10. The van der Waals surface area contributed by atoms with Crippen LogP contribution < -0.4 is 4.90 Å². The number of rotatable bonds is 7. The quantitative estimate of drug-likeness (QED) is 0.162. The van der Waals surface area contributed by atoms with Crippen molar-refractivity contribution in [3.8, 4) is 39.1 Å². The zero-order chi connectivity index (χ0) is 35.8. The van der Waals surface area contributed by atoms with Crippen LogP contribution in [0.1, 0.15) is 0 Å². The van der Waals surface area contributed by atoms with E-state index in [4.69, 9.17) is 0 Å². The van der Waals surface area contributed by atoms with Crippen LogP contribution in [0, 0.1) is 0 Å². The summed E-state index contributed by atoms with van der Waals surface area (Å²) < 4.78 is 2.39. The third-order valence-electron chi connectivity index (χ3n) is 10.6. The highest BCUT2D eigenvalue weighted by Gasteiger charge is 2.19. The number of hydrogen-bond acceptors (Lipinski definition) is 1. The third-order valence-corrected chi connectivity index (χ3v) is 10.6. The van der Waals surface area contributed by atoms with E-state index in [0.29, 0.717) is 0 Å². The maximum Gasteiger partial charge on any atom is 0.0547 e. The van der Waals surface area contributed by atoms with E-state index >= 15 is 0 Å². The summed E-state index contributed by atoms with van der Waals surface area (Å²) in [5.74, 6) is 0. The molecule has 0 atom stereocenters. The van der Waals surface area contributed by atoms with Crippen molar-refractivity contribution in [3.05, 3.63) is 218 Å². The van der Waals surface area contributed by atoms with Crippen molar-refractivity contribution < 1.29 is 0 Å². The van der Waals surface area contributed by atoms with Crippen LogP contribution in [0.25, 0.3) is 71.6 Å². The van der Waals surface area contributed by atoms with Crippen LogP contribution in [0.15, 0.2) is 218 Å². The lowest BCUT2D eigenvalue weighted by Crippen LogP contribution is -2.11. The van der Waals surface area contributed by atoms with Crippen molar-refractivity contribution in [2.24, 2.45) is 0 Å². The average Bonchev–Trinajstić information content (AvgIpc) is 3.59. The van der Waals surface area contributed by atoms with Crippen LogP contribution in [0.2, 0.25) is 0 Å². The fourth-order valence-corrected chi connectivity index (χ4v) is 8.15. The summed E-state index contributed by atoms with van der Waals surface area (Å²) in [5, 5.41) is 5.03. The number of hydrogen-bond donors (Lipinski definition) is 0. The summed E-state index contributed by atoms with van der Waals surface area (Å²) in [6, 6.07) is 78.8. The van der Waals surface area contributed by atoms with Crippen molar-refractivity contribution in [1.82, 2.24) is 4.57 Å². The van der Waals surface area contributed by atoms with E-state index < -0.39 is 0 Å². The monoisotopic (exact) mass is 688 g/mol. The molecule has 9 aromatic carbocycles. The van der Waals surface area contributed by atoms with Gasteiger partial charge in [-0.25, -0.2) is 0 Å². The van der Waals surface area contributed by atoms with Gasteiger partial charge in [-0.3, -0.25) is 0 Å². The summed E-state index contributed by atoms with van der Waals surface area (Å²) in [4.78, 5) is 2.38. The summed E-state index contributed by atoms with van der Waals surface area (Å²) in [7, 11) is 0. The van der Waals surface area contributed by atoms with Crippen LogP contribution >= 0.6 is 0 Å². The van der Waals surface area contributed by atoms with Gasteiger partial charge in [0, 0.05) is 33.4 Å². The van der Waals surface area contributed by atoms with Crippen molar-refractivity contribution in [2.45, 2.75) is 0 Å². The Hall–Kier alpha value is -7.16. The highest BCUT2D eigenvalue weighted by Crippen LogP contribution is 2.44. The smallest absolute Gasteiger partial charge is 0.0547 e. The highest BCUT2D eigenvalue weighted by molar-refractivity contribution is 6.16. The molecule has 10 rings (SSSR count). The Balaban J connectivity index is 1.10. The van der Waals surface area contributed by atoms with Gasteiger partial charge in [-0.2, -0.15) is 0 Å². The van der Waals surface area contributed by atoms with Crippen LogP contribution in [0.5, 0.6) is 0 Å². The Morgan fingerprint density at radius 2 is 0.889 bits per heavy atom. The van der Waals surface area contributed by atoms with Gasteiger partial charge in [0.05, 0.1) is 16.7 Å². The molecule has 0 aliphatic rings. The first kappa shape index (κ1) is 31.6. The minimum absolute atomic E-state index is 1.10. The molecule has 0 saturated heterocycles. The maximum absolute atomic E-state index is 2.39. The maximum atomic E-state index is 2.39. The average molecular weight is 689 g/mol. The van der Waals surface area contributed by atoms with E-state index in [-0.39, 0.29) is 0 Å². The van der Waals surface area contributed by atoms with E-state index in [9.17, 15) is 0 Å². The minimum Gasteiger partial charge on any atom is -0.310 e. The van der Waals surface area contributed by atoms with Crippen LogP contribution in [-0.4, -0.2) is 4.57 Å². The molecule has 0 aliphatic heterocycles. The van der Waals surface area contributed by atoms with Gasteiger partial charge in [0.1, 0.15) is 0 Å². The standard InChI is InChI=1S/C52H36N2/c1-3-20-41(21-4-1)53(43-34-32-38(33-35-43)45-27-14-17-37-16-7-8-24-44(37)45)49-29-11-9-25-46(49)39-18-13-19-40(36-39)47-28-15-31-51-52(47)48-26-10-12-30-50(48)54(51)42-22-5-2-6-23-42/h1-36H. The number of fused-ring (bicyclic) bond motifs is 4. The second kappa shape index (κ2) is 13.4. The Bertz CT molecular complexity index is 2920. The van der Waals surface area contributed by atoms with E-state index in [1.54, 1.807) is 0 Å². The number of anilines is 3. The zero-order valence-corrected chi connectivity index (χ0v) is 29.7. The Labute approximate surface area is 315 Å². The Kier molecular flexibility index (Phi) is 7.85. The summed E-state index contributed by atoms with van der Waals surface area (Å²) >= 11 is 0. The molecule has 10 aromatic rings. The molecule has 0 radical (unpaired) electrons. The van der Waals surface area contributed by atoms with Crippen molar-refractivity contribution in [2.75, 3.05) is 4.90 Å². The molecule has 0 spiro atoms. The van der Waals surface area contributed by atoms with Gasteiger partial charge in [-0.1, -0.05) is 158 Å². The first-order valence-corrected chi connectivity index (χ1v) is 18.5. The second-order valence-electron chi connectivity index (χ2n) is 13.7. The van der Waals surface area contributed by atoms with Gasteiger partial charge in [0.2, 0.25) is 0 Å². The molecule has 2 nitrogen and oxygen atoms in total. The van der Waals surface area contributed by atoms with Crippen LogP contribution in [0.3, 0.4) is 0 Å².